The number of carboxylic acid groups (broad SMARTS) is 1. The third-order valence-corrected chi connectivity index (χ3v) is 13.6. The minimum absolute atomic E-state index is 0.0102. The highest BCUT2D eigenvalue weighted by Gasteiger charge is 2.41. The van der Waals surface area contributed by atoms with Crippen molar-refractivity contribution >= 4 is 71.4 Å². The fourth-order valence-corrected chi connectivity index (χ4v) is 8.70. The molecule has 0 bridgehead atoms. The van der Waals surface area contributed by atoms with Gasteiger partial charge in [0.25, 0.3) is 0 Å². The van der Waals surface area contributed by atoms with Gasteiger partial charge in [-0.15, -0.1) is 0 Å². The number of rotatable bonds is 37. The smallest absolute Gasteiger partial charge is 0.408 e. The number of aliphatic hydroxyl groups excluding tert-OH is 3. The molecule has 0 aliphatic rings. The van der Waals surface area contributed by atoms with Crippen LogP contribution in [0.2, 0.25) is 0 Å². The third-order valence-electron chi connectivity index (χ3n) is 13.6. The number of aliphatic carboxylic acids is 1. The van der Waals surface area contributed by atoms with Crippen LogP contribution in [0.1, 0.15) is 125 Å². The molecule has 2 aromatic carbocycles. The Bertz CT molecular complexity index is 2710. The molecular weight excluding hydrogens is 1170 g/mol. The van der Waals surface area contributed by atoms with Gasteiger partial charge in [-0.25, -0.2) is 14.4 Å². The van der Waals surface area contributed by atoms with Crippen molar-refractivity contribution in [2.45, 2.75) is 181 Å². The van der Waals surface area contributed by atoms with Gasteiger partial charge < -0.3 is 94.5 Å². The largest absolute Gasteiger partial charge is 0.480 e. The zero-order valence-electron chi connectivity index (χ0n) is 53.1. The molecule has 0 fully saturated rings. The molecule has 0 saturated heterocycles. The Morgan fingerprint density at radius 2 is 1.06 bits per heavy atom. The molecule has 2 rings (SSSR count). The Kier molecular flexibility index (Phi) is 33.3. The van der Waals surface area contributed by atoms with Crippen LogP contribution < -0.4 is 64.6 Å². The first kappa shape index (κ1) is 77.5. The summed E-state index contributed by atoms with van der Waals surface area (Å²) in [5.41, 5.74) is 11.0. The predicted octanol–water partition coefficient (Wildman–Crippen LogP) is -0.665. The van der Waals surface area contributed by atoms with E-state index in [4.69, 9.17) is 26.0 Å². The van der Waals surface area contributed by atoms with Crippen LogP contribution in [0.15, 0.2) is 65.7 Å². The highest BCUT2D eigenvalue weighted by atomic mass is 16.6. The Balaban J connectivity index is 2.56. The molecule has 0 aliphatic heterocycles. The fraction of sp³-hybridized carbons (Fsp3) is 0.600. The summed E-state index contributed by atoms with van der Waals surface area (Å²) in [6.45, 7) is 15.4. The molecule has 18 N–H and O–H groups in total. The zero-order valence-corrected chi connectivity index (χ0v) is 53.1. The second-order valence-corrected chi connectivity index (χ2v) is 23.8. The maximum absolute atomic E-state index is 14.9. The number of carbonyl (C=O) groups excluding carboxylic acids is 10. The van der Waals surface area contributed by atoms with Crippen molar-refractivity contribution in [3.05, 3.63) is 71.8 Å². The van der Waals surface area contributed by atoms with Crippen molar-refractivity contribution < 1.29 is 82.6 Å². The Morgan fingerprint density at radius 1 is 0.567 bits per heavy atom. The highest BCUT2D eigenvalue weighted by Crippen LogP contribution is 2.21. The van der Waals surface area contributed by atoms with E-state index >= 15 is 0 Å². The van der Waals surface area contributed by atoms with E-state index in [1.54, 1.807) is 137 Å². The summed E-state index contributed by atoms with van der Waals surface area (Å²) in [5.74, 6) is -11.5. The zero-order chi connectivity index (χ0) is 68.0. The quantitative estimate of drug-likeness (QED) is 0.0227. The number of nitrogens with zero attached hydrogens (tertiary/aromatic N) is 1. The van der Waals surface area contributed by atoms with E-state index < -0.39 is 163 Å². The van der Waals surface area contributed by atoms with Crippen LogP contribution in [0.5, 0.6) is 0 Å². The lowest BCUT2D eigenvalue weighted by molar-refractivity contribution is -0.143. The first-order chi connectivity index (χ1) is 42.2. The number of carboxylic acids is 1. The molecule has 502 valence electrons. The SMILES string of the molecule is CC[C@H](C)[C@H](NC(=O)[C@@H](CCCN=C(N)N)NC(=O)[C@H](CC(C)C)NC(=O)[C@@H](NC(=O)[C@@H](NC(=O)OCc1ccccc1)[C@H](NC(=O)OC(C)(C)C)c1ccccc1)[C@H](O)C(C)C)C(=O)N[C@@H](CC(C)C)C(=O)NCC(=O)N[C@@H](CO)C(=O)N[C@@H](CO)C(=O)O. The lowest BCUT2D eigenvalue weighted by atomic mass is 9.95. The van der Waals surface area contributed by atoms with E-state index in [1.165, 1.54) is 0 Å². The van der Waals surface area contributed by atoms with E-state index in [0.29, 0.717) is 17.5 Å². The predicted molar refractivity (Wildman–Crippen MR) is 330 cm³/mol. The number of nitrogens with one attached hydrogen (secondary N) is 10. The van der Waals surface area contributed by atoms with Gasteiger partial charge in [-0.05, 0) is 81.3 Å². The van der Waals surface area contributed by atoms with Crippen molar-refractivity contribution in [3.8, 4) is 0 Å². The molecule has 0 aliphatic carbocycles. The Morgan fingerprint density at radius 3 is 1.57 bits per heavy atom. The van der Waals surface area contributed by atoms with Gasteiger partial charge in [0.1, 0.15) is 60.5 Å². The van der Waals surface area contributed by atoms with Crippen LogP contribution in [0, 0.1) is 23.7 Å². The van der Waals surface area contributed by atoms with E-state index in [1.807, 2.05) is 5.32 Å². The van der Waals surface area contributed by atoms with Crippen molar-refractivity contribution in [1.82, 2.24) is 53.2 Å². The number of aliphatic imine (C=N–C) groups is 1. The standard InChI is InChI=1S/C60H95N13O17/c1-12-35(8)44(53(82)67-39(26-32(2)3)49(78)64-28-43(76)65-41(29-74)52(81)69-42(30-75)56(85)86)70-50(79)38(24-19-25-63-57(61)62)66-51(80)40(27-33(4)5)68-55(84)47(48(77)34(6)7)71-54(83)46(73-58(87)89-31-36-20-15-13-16-21-36)45(37-22-17-14-18-23-37)72-59(88)90-60(9,10)11/h13-18,20-23,32-35,38-42,44-48,74-75,77H,12,19,24-31H2,1-11H3,(H,64,78)(H,65,76)(H,66,80)(H,67,82)(H,68,84)(H,69,81)(H,70,79)(H,71,83)(H,72,88)(H,73,87)(H,85,86)(H4,61,62,63)/t35-,38+,39-,40-,41-,42-,44-,45+,46-,47-,48+/m0/s1. The molecule has 0 spiro atoms. The van der Waals surface area contributed by atoms with Crippen molar-refractivity contribution in [2.24, 2.45) is 40.1 Å². The molecule has 30 heteroatoms. The van der Waals surface area contributed by atoms with Crippen LogP contribution in [-0.4, -0.2) is 178 Å². The Hall–Kier alpha value is -8.64. The van der Waals surface area contributed by atoms with Gasteiger partial charge in [-0.1, -0.05) is 122 Å². The summed E-state index contributed by atoms with van der Waals surface area (Å²) in [6.07, 6.45) is -3.53. The van der Waals surface area contributed by atoms with Gasteiger partial charge in [0.2, 0.25) is 47.3 Å². The molecule has 2 aromatic rings. The highest BCUT2D eigenvalue weighted by molar-refractivity contribution is 5.98. The lowest BCUT2D eigenvalue weighted by Crippen LogP contribution is -2.63. The minimum Gasteiger partial charge on any atom is -0.480 e. The number of amides is 10. The number of nitrogens with two attached hydrogens (primary N) is 2. The Labute approximate surface area is 524 Å². The van der Waals surface area contributed by atoms with Gasteiger partial charge in [0.15, 0.2) is 5.96 Å². The minimum atomic E-state index is -1.85. The van der Waals surface area contributed by atoms with Crippen LogP contribution in [-0.2, 0) is 59.2 Å². The van der Waals surface area contributed by atoms with Gasteiger partial charge in [-0.3, -0.25) is 43.3 Å². The lowest BCUT2D eigenvalue weighted by Gasteiger charge is -2.33. The molecule has 0 heterocycles. The number of benzene rings is 2. The van der Waals surface area contributed by atoms with Crippen molar-refractivity contribution in [2.75, 3.05) is 26.3 Å². The summed E-state index contributed by atoms with van der Waals surface area (Å²) in [4.78, 5) is 154. The van der Waals surface area contributed by atoms with Gasteiger partial charge >= 0.3 is 18.2 Å². The summed E-state index contributed by atoms with van der Waals surface area (Å²) >= 11 is 0. The summed E-state index contributed by atoms with van der Waals surface area (Å²) < 4.78 is 11.0. The average Bonchev–Trinajstić information content (AvgIpc) is 0.990. The van der Waals surface area contributed by atoms with Gasteiger partial charge in [-0.2, -0.15) is 0 Å². The number of aliphatic hydroxyl groups is 3. The first-order valence-corrected chi connectivity index (χ1v) is 29.8. The number of alkyl carbamates (subject to hydrolysis) is 2. The number of guanidine groups is 1. The van der Waals surface area contributed by atoms with Crippen LogP contribution in [0.25, 0.3) is 0 Å². The third kappa shape index (κ3) is 28.2. The van der Waals surface area contributed by atoms with Crippen LogP contribution >= 0.6 is 0 Å². The second-order valence-electron chi connectivity index (χ2n) is 23.8. The normalized spacial score (nSPS) is 15.0. The van der Waals surface area contributed by atoms with E-state index in [2.05, 4.69) is 52.8 Å². The van der Waals surface area contributed by atoms with Crippen molar-refractivity contribution in [1.29, 1.82) is 0 Å². The monoisotopic (exact) mass is 1270 g/mol. The molecule has 90 heavy (non-hydrogen) atoms. The first-order valence-electron chi connectivity index (χ1n) is 29.8. The second kappa shape index (κ2) is 38.7. The van der Waals surface area contributed by atoms with Crippen LogP contribution in [0.4, 0.5) is 9.59 Å². The number of ether oxygens (including phenoxy) is 2. The molecule has 0 aromatic heterocycles. The number of hydrogen-bond acceptors (Lipinski definition) is 17. The molecule has 30 nitrogen and oxygen atoms in total. The number of hydrogen-bond donors (Lipinski definition) is 16. The van der Waals surface area contributed by atoms with E-state index in [-0.39, 0.29) is 56.6 Å². The van der Waals surface area contributed by atoms with Gasteiger partial charge in [0, 0.05) is 6.54 Å². The fourth-order valence-electron chi connectivity index (χ4n) is 8.70. The molecule has 0 unspecified atom stereocenters. The molecule has 10 amide bonds. The van der Waals surface area contributed by atoms with E-state index in [0.717, 1.165) is 0 Å². The maximum atomic E-state index is 14.9. The van der Waals surface area contributed by atoms with E-state index in [9.17, 15) is 68.1 Å². The summed E-state index contributed by atoms with van der Waals surface area (Å²) in [5, 5.41) is 64.7. The molecule has 11 atom stereocenters. The molecule has 0 radical (unpaired) electrons. The topological polar surface area (TPSA) is 472 Å². The van der Waals surface area contributed by atoms with Crippen LogP contribution in [0.3, 0.4) is 0 Å². The molecular formula is C60H95N13O17. The number of carbonyl (C=O) groups is 11. The summed E-state index contributed by atoms with van der Waals surface area (Å²) in [7, 11) is 0. The van der Waals surface area contributed by atoms with Crippen molar-refractivity contribution in [3.63, 3.8) is 0 Å². The maximum Gasteiger partial charge on any atom is 0.408 e. The average molecular weight is 1270 g/mol. The molecule has 0 saturated carbocycles. The summed E-state index contributed by atoms with van der Waals surface area (Å²) in [6, 6.07) is 2.69. The van der Waals surface area contributed by atoms with Gasteiger partial charge in [0.05, 0.1) is 31.9 Å².